The summed E-state index contributed by atoms with van der Waals surface area (Å²) in [6.45, 7) is 0. The molecule has 1 amide bonds. The highest BCUT2D eigenvalue weighted by molar-refractivity contribution is 6.30. The van der Waals surface area contributed by atoms with Crippen molar-refractivity contribution in [3.8, 4) is 11.4 Å². The van der Waals surface area contributed by atoms with E-state index in [1.54, 1.807) is 25.5 Å². The molecule has 148 valence electrons. The first-order valence-electron chi connectivity index (χ1n) is 9.32. The van der Waals surface area contributed by atoms with Gasteiger partial charge in [0.25, 0.3) is 5.91 Å². The van der Waals surface area contributed by atoms with Gasteiger partial charge in [0.2, 0.25) is 0 Å². The van der Waals surface area contributed by atoms with E-state index in [1.165, 1.54) is 24.4 Å². The number of pyridine rings is 1. The minimum Gasteiger partial charge on any atom is -0.355 e. The minimum atomic E-state index is -0.452. The van der Waals surface area contributed by atoms with Crippen molar-refractivity contribution in [2.45, 2.75) is 25.2 Å². The van der Waals surface area contributed by atoms with Crippen molar-refractivity contribution in [2.24, 2.45) is 0 Å². The highest BCUT2D eigenvalue weighted by atomic mass is 35.5. The topological polar surface area (TPSA) is 79.8 Å². The number of nitrogens with zero attached hydrogens (tertiary/aromatic N) is 3. The Morgan fingerprint density at radius 3 is 2.79 bits per heavy atom. The van der Waals surface area contributed by atoms with Gasteiger partial charge >= 0.3 is 0 Å². The maximum atomic E-state index is 14.3. The van der Waals surface area contributed by atoms with E-state index in [-0.39, 0.29) is 17.3 Å². The van der Waals surface area contributed by atoms with E-state index in [1.807, 2.05) is 0 Å². The lowest BCUT2D eigenvalue weighted by Gasteiger charge is -2.27. The molecule has 1 aliphatic carbocycles. The number of carbonyl (C=O) groups is 1. The molecule has 2 heterocycles. The Morgan fingerprint density at radius 2 is 2.07 bits per heavy atom. The number of aromatic nitrogens is 3. The van der Waals surface area contributed by atoms with Crippen LogP contribution in [-0.2, 0) is 0 Å². The average Bonchev–Trinajstić information content (AvgIpc) is 2.69. The molecule has 0 radical (unpaired) electrons. The summed E-state index contributed by atoms with van der Waals surface area (Å²) < 4.78 is 14.3. The second-order valence-corrected chi connectivity index (χ2v) is 7.31. The third kappa shape index (κ3) is 3.91. The fourth-order valence-electron chi connectivity index (χ4n) is 3.25. The van der Waals surface area contributed by atoms with Crippen molar-refractivity contribution in [1.82, 2.24) is 20.3 Å². The van der Waals surface area contributed by atoms with Crippen LogP contribution in [0.1, 0.15) is 41.1 Å². The van der Waals surface area contributed by atoms with Crippen LogP contribution in [0, 0.1) is 5.82 Å². The second-order valence-electron chi connectivity index (χ2n) is 6.87. The summed E-state index contributed by atoms with van der Waals surface area (Å²) >= 11 is 6.03. The Balaban J connectivity index is 1.79. The molecule has 1 aliphatic rings. The Kier molecular flexibility index (Phi) is 5.40. The number of carbonyl (C=O) groups excluding carboxylic acids is 1. The molecule has 0 aliphatic heterocycles. The third-order valence-electron chi connectivity index (χ3n) is 5.08. The minimum absolute atomic E-state index is 0.224. The molecular weight excluding hydrogens is 393 g/mol. The number of amides is 1. The van der Waals surface area contributed by atoms with Crippen molar-refractivity contribution in [2.75, 3.05) is 12.4 Å². The van der Waals surface area contributed by atoms with E-state index >= 15 is 0 Å². The van der Waals surface area contributed by atoms with Crippen molar-refractivity contribution in [3.05, 3.63) is 64.8 Å². The van der Waals surface area contributed by atoms with Gasteiger partial charge in [0.1, 0.15) is 11.6 Å². The zero-order valence-corrected chi connectivity index (χ0v) is 16.5. The molecule has 4 rings (SSSR count). The van der Waals surface area contributed by atoms with Gasteiger partial charge in [-0.2, -0.15) is 0 Å². The lowest BCUT2D eigenvalue weighted by Crippen LogP contribution is -2.20. The smallest absolute Gasteiger partial charge is 0.254 e. The fraction of sp³-hybridized carbons (Fsp3) is 0.238. The van der Waals surface area contributed by atoms with Crippen LogP contribution in [0.25, 0.3) is 11.4 Å². The molecule has 1 saturated carbocycles. The summed E-state index contributed by atoms with van der Waals surface area (Å²) in [5, 5.41) is 6.25. The SMILES string of the molecule is CNC(=O)c1cnccc1Nc1nc(-c2cc(Cl)ccc2F)ncc1C1CCC1. The molecule has 2 N–H and O–H groups in total. The number of halogens is 2. The Labute approximate surface area is 172 Å². The van der Waals surface area contributed by atoms with E-state index in [0.29, 0.717) is 28.0 Å². The number of anilines is 2. The molecule has 8 heteroatoms. The van der Waals surface area contributed by atoms with Crippen molar-refractivity contribution >= 4 is 29.0 Å². The van der Waals surface area contributed by atoms with Crippen LogP contribution < -0.4 is 10.6 Å². The van der Waals surface area contributed by atoms with Crippen LogP contribution in [0.15, 0.2) is 42.9 Å². The van der Waals surface area contributed by atoms with Crippen molar-refractivity contribution < 1.29 is 9.18 Å². The molecule has 1 aromatic carbocycles. The molecule has 0 saturated heterocycles. The van der Waals surface area contributed by atoms with Crippen LogP contribution in [0.3, 0.4) is 0 Å². The highest BCUT2D eigenvalue weighted by Gasteiger charge is 2.25. The van der Waals surface area contributed by atoms with E-state index in [4.69, 9.17) is 11.6 Å². The first kappa shape index (κ1) is 19.3. The molecule has 0 spiro atoms. The molecule has 6 nitrogen and oxygen atoms in total. The van der Waals surface area contributed by atoms with Crippen LogP contribution in [0.4, 0.5) is 15.9 Å². The Hall–Kier alpha value is -3.06. The first-order valence-corrected chi connectivity index (χ1v) is 9.70. The van der Waals surface area contributed by atoms with Crippen LogP contribution in [-0.4, -0.2) is 27.9 Å². The van der Waals surface area contributed by atoms with E-state index < -0.39 is 5.82 Å². The zero-order valence-electron chi connectivity index (χ0n) is 15.7. The molecule has 0 atom stereocenters. The first-order chi connectivity index (χ1) is 14.1. The van der Waals surface area contributed by atoms with E-state index in [2.05, 4.69) is 25.6 Å². The molecular formula is C21H19ClFN5O. The monoisotopic (exact) mass is 411 g/mol. The van der Waals surface area contributed by atoms with Gasteiger partial charge in [-0.05, 0) is 43.0 Å². The van der Waals surface area contributed by atoms with Gasteiger partial charge in [-0.3, -0.25) is 9.78 Å². The predicted molar refractivity (Wildman–Crippen MR) is 110 cm³/mol. The number of nitrogens with one attached hydrogen (secondary N) is 2. The van der Waals surface area contributed by atoms with Gasteiger partial charge in [0.15, 0.2) is 5.82 Å². The van der Waals surface area contributed by atoms with Gasteiger partial charge < -0.3 is 10.6 Å². The van der Waals surface area contributed by atoms with Crippen LogP contribution in [0.2, 0.25) is 5.02 Å². The molecule has 29 heavy (non-hydrogen) atoms. The highest BCUT2D eigenvalue weighted by Crippen LogP contribution is 2.40. The molecule has 0 unspecified atom stereocenters. The largest absolute Gasteiger partial charge is 0.355 e. The summed E-state index contributed by atoms with van der Waals surface area (Å²) in [6, 6.07) is 5.98. The lowest BCUT2D eigenvalue weighted by molar-refractivity contribution is 0.0963. The normalized spacial score (nSPS) is 13.6. The molecule has 2 aromatic heterocycles. The molecule has 1 fully saturated rings. The zero-order chi connectivity index (χ0) is 20.4. The maximum Gasteiger partial charge on any atom is 0.254 e. The summed E-state index contributed by atoms with van der Waals surface area (Å²) in [5.74, 6) is 0.398. The quantitative estimate of drug-likeness (QED) is 0.636. The summed E-state index contributed by atoms with van der Waals surface area (Å²) in [7, 11) is 1.56. The lowest BCUT2D eigenvalue weighted by atomic mass is 9.80. The number of hydrogen-bond acceptors (Lipinski definition) is 5. The Bertz CT molecular complexity index is 1070. The second kappa shape index (κ2) is 8.13. The van der Waals surface area contributed by atoms with Crippen molar-refractivity contribution in [1.29, 1.82) is 0 Å². The van der Waals surface area contributed by atoms with Crippen molar-refractivity contribution in [3.63, 3.8) is 0 Å². The summed E-state index contributed by atoms with van der Waals surface area (Å²) in [5.41, 5.74) is 2.13. The molecule has 3 aromatic rings. The van der Waals surface area contributed by atoms with Gasteiger partial charge in [0, 0.05) is 36.2 Å². The van der Waals surface area contributed by atoms with E-state index in [9.17, 15) is 9.18 Å². The fourth-order valence-corrected chi connectivity index (χ4v) is 3.43. The molecule has 0 bridgehead atoms. The maximum absolute atomic E-state index is 14.3. The van der Waals surface area contributed by atoms with Gasteiger partial charge in [-0.15, -0.1) is 0 Å². The van der Waals surface area contributed by atoms with Crippen LogP contribution in [0.5, 0.6) is 0 Å². The average molecular weight is 412 g/mol. The third-order valence-corrected chi connectivity index (χ3v) is 5.31. The standard InChI is InChI=1S/C21H19ClFN5O/c1-24-21(29)16-10-25-8-7-18(16)27-20-15(12-3-2-4-12)11-26-19(28-20)14-9-13(22)5-6-17(14)23/h5-12H,2-4H2,1H3,(H,24,29)(H,25,26,27,28). The summed E-state index contributed by atoms with van der Waals surface area (Å²) in [4.78, 5) is 25.2. The predicted octanol–water partition coefficient (Wildman–Crippen LogP) is 4.70. The van der Waals surface area contributed by atoms with Gasteiger partial charge in [0.05, 0.1) is 16.8 Å². The van der Waals surface area contributed by atoms with Crippen LogP contribution >= 0.6 is 11.6 Å². The summed E-state index contributed by atoms with van der Waals surface area (Å²) in [6.07, 6.45) is 8.05. The number of hydrogen-bond donors (Lipinski definition) is 2. The van der Waals surface area contributed by atoms with E-state index in [0.717, 1.165) is 24.8 Å². The van der Waals surface area contributed by atoms with Gasteiger partial charge in [-0.1, -0.05) is 18.0 Å². The van der Waals surface area contributed by atoms with Gasteiger partial charge in [-0.25, -0.2) is 14.4 Å². The number of rotatable bonds is 5. The Morgan fingerprint density at radius 1 is 1.24 bits per heavy atom. The number of benzene rings is 1.